The van der Waals surface area contributed by atoms with E-state index in [1.165, 1.54) is 36.7 Å². The normalized spacial score (nSPS) is 25.9. The van der Waals surface area contributed by atoms with E-state index in [1.54, 1.807) is 4.88 Å². The van der Waals surface area contributed by atoms with Crippen LogP contribution in [0.5, 0.6) is 0 Å². The second-order valence-corrected chi connectivity index (χ2v) is 6.39. The molecule has 1 fully saturated rings. The molecule has 1 N–H and O–H groups in total. The zero-order valence-corrected chi connectivity index (χ0v) is 12.2. The molecule has 2 rings (SSSR count). The molecule has 90 valence electrons. The van der Waals surface area contributed by atoms with Crippen molar-refractivity contribution in [1.29, 1.82) is 0 Å². The summed E-state index contributed by atoms with van der Waals surface area (Å²) in [7, 11) is 0. The van der Waals surface area contributed by atoms with Crippen LogP contribution in [0.4, 0.5) is 0 Å². The number of thiophene rings is 1. The Morgan fingerprint density at radius 2 is 2.25 bits per heavy atom. The smallest absolute Gasteiger partial charge is 0.0317 e. The van der Waals surface area contributed by atoms with Crippen LogP contribution in [0.1, 0.15) is 43.4 Å². The lowest BCUT2D eigenvalue weighted by atomic mass is 9.78. The van der Waals surface area contributed by atoms with Crippen LogP contribution in [0.25, 0.3) is 0 Å². The summed E-state index contributed by atoms with van der Waals surface area (Å²) in [4.78, 5) is 1.57. The van der Waals surface area contributed by atoms with Crippen molar-refractivity contribution in [3.05, 3.63) is 20.8 Å². The van der Waals surface area contributed by atoms with Crippen LogP contribution in [0.2, 0.25) is 0 Å². The first-order valence-corrected chi connectivity index (χ1v) is 7.93. The van der Waals surface area contributed by atoms with Crippen molar-refractivity contribution in [2.75, 3.05) is 13.1 Å². The highest BCUT2D eigenvalue weighted by atomic mass is 79.9. The number of rotatable bonds is 4. The summed E-state index contributed by atoms with van der Waals surface area (Å²) in [5, 5.41) is 5.73. The minimum absolute atomic E-state index is 0.780. The standard InChI is InChI=1S/C13H20BrNS/c1-2-15-9-10-5-3-4-6-11(10)13-12(14)7-8-16-13/h7-8,10-11,15H,2-6,9H2,1H3. The predicted octanol–water partition coefficient (Wildman–Crippen LogP) is 4.39. The van der Waals surface area contributed by atoms with E-state index in [0.717, 1.165) is 18.4 Å². The molecule has 0 saturated heterocycles. The largest absolute Gasteiger partial charge is 0.317 e. The van der Waals surface area contributed by atoms with Gasteiger partial charge in [-0.1, -0.05) is 19.8 Å². The molecule has 1 heterocycles. The quantitative estimate of drug-likeness (QED) is 0.869. The first kappa shape index (κ1) is 12.6. The first-order valence-electron chi connectivity index (χ1n) is 6.26. The van der Waals surface area contributed by atoms with E-state index in [0.29, 0.717) is 0 Å². The lowest BCUT2D eigenvalue weighted by Gasteiger charge is -2.31. The van der Waals surface area contributed by atoms with Crippen molar-refractivity contribution in [2.45, 2.75) is 38.5 Å². The second kappa shape index (κ2) is 6.18. The molecule has 0 spiro atoms. The molecule has 1 aliphatic carbocycles. The summed E-state index contributed by atoms with van der Waals surface area (Å²) >= 11 is 5.61. The van der Waals surface area contributed by atoms with Crippen LogP contribution in [-0.4, -0.2) is 13.1 Å². The predicted molar refractivity (Wildman–Crippen MR) is 75.3 cm³/mol. The average molecular weight is 302 g/mol. The number of hydrogen-bond acceptors (Lipinski definition) is 2. The summed E-state index contributed by atoms with van der Waals surface area (Å²) < 4.78 is 1.32. The van der Waals surface area contributed by atoms with Crippen molar-refractivity contribution in [3.8, 4) is 0 Å². The molecule has 0 aliphatic heterocycles. The van der Waals surface area contributed by atoms with Gasteiger partial charge >= 0.3 is 0 Å². The van der Waals surface area contributed by atoms with Crippen LogP contribution < -0.4 is 5.32 Å². The molecule has 3 heteroatoms. The maximum atomic E-state index is 3.69. The lowest BCUT2D eigenvalue weighted by Crippen LogP contribution is -2.29. The van der Waals surface area contributed by atoms with Gasteiger partial charge in [-0.05, 0) is 65.1 Å². The Bertz CT molecular complexity index is 323. The van der Waals surface area contributed by atoms with Gasteiger partial charge in [0.2, 0.25) is 0 Å². The molecule has 1 aromatic heterocycles. The Labute approximate surface area is 111 Å². The Hall–Kier alpha value is 0.140. The molecule has 2 atom stereocenters. The maximum Gasteiger partial charge on any atom is 0.0317 e. The second-order valence-electron chi connectivity index (χ2n) is 4.59. The van der Waals surface area contributed by atoms with Crippen molar-refractivity contribution >= 4 is 27.3 Å². The SMILES string of the molecule is CCNCC1CCCCC1c1sccc1Br. The highest BCUT2D eigenvalue weighted by Gasteiger charge is 2.28. The van der Waals surface area contributed by atoms with Gasteiger partial charge in [0.05, 0.1) is 0 Å². The molecular formula is C13H20BrNS. The summed E-state index contributed by atoms with van der Waals surface area (Å²) in [6, 6.07) is 2.19. The van der Waals surface area contributed by atoms with Gasteiger partial charge in [0.15, 0.2) is 0 Å². The molecule has 1 aromatic rings. The van der Waals surface area contributed by atoms with Gasteiger partial charge in [-0.15, -0.1) is 11.3 Å². The average Bonchev–Trinajstić information content (AvgIpc) is 2.73. The van der Waals surface area contributed by atoms with E-state index >= 15 is 0 Å². The van der Waals surface area contributed by atoms with Crippen LogP contribution in [-0.2, 0) is 0 Å². The molecule has 1 saturated carbocycles. The topological polar surface area (TPSA) is 12.0 Å². The number of hydrogen-bond donors (Lipinski definition) is 1. The van der Waals surface area contributed by atoms with Crippen LogP contribution in [0.15, 0.2) is 15.9 Å². The molecule has 1 nitrogen and oxygen atoms in total. The third-order valence-electron chi connectivity index (χ3n) is 3.55. The Balaban J connectivity index is 2.07. The zero-order chi connectivity index (χ0) is 11.4. The lowest BCUT2D eigenvalue weighted by molar-refractivity contribution is 0.300. The molecule has 1 aliphatic rings. The fourth-order valence-corrected chi connectivity index (χ4v) is 4.59. The Kier molecular flexibility index (Phi) is 4.86. The van der Waals surface area contributed by atoms with Crippen molar-refractivity contribution in [1.82, 2.24) is 5.32 Å². The van der Waals surface area contributed by atoms with Gasteiger partial charge in [-0.3, -0.25) is 0 Å². The Morgan fingerprint density at radius 3 is 2.94 bits per heavy atom. The monoisotopic (exact) mass is 301 g/mol. The highest BCUT2D eigenvalue weighted by Crippen LogP contribution is 2.42. The van der Waals surface area contributed by atoms with E-state index in [4.69, 9.17) is 0 Å². The van der Waals surface area contributed by atoms with E-state index in [1.807, 2.05) is 11.3 Å². The number of halogens is 1. The van der Waals surface area contributed by atoms with Crippen LogP contribution >= 0.6 is 27.3 Å². The van der Waals surface area contributed by atoms with Crippen molar-refractivity contribution in [3.63, 3.8) is 0 Å². The molecule has 0 bridgehead atoms. The molecule has 0 radical (unpaired) electrons. The summed E-state index contributed by atoms with van der Waals surface area (Å²) in [6.07, 6.45) is 5.57. The van der Waals surface area contributed by atoms with Gasteiger partial charge in [0.25, 0.3) is 0 Å². The minimum Gasteiger partial charge on any atom is -0.317 e. The zero-order valence-electron chi connectivity index (χ0n) is 9.84. The fourth-order valence-electron chi connectivity index (χ4n) is 2.70. The molecule has 2 unspecified atom stereocenters. The van der Waals surface area contributed by atoms with Gasteiger partial charge in [-0.2, -0.15) is 0 Å². The van der Waals surface area contributed by atoms with Gasteiger partial charge in [0, 0.05) is 9.35 Å². The van der Waals surface area contributed by atoms with Gasteiger partial charge in [0.1, 0.15) is 0 Å². The molecule has 16 heavy (non-hydrogen) atoms. The molecule has 0 aromatic carbocycles. The van der Waals surface area contributed by atoms with Crippen molar-refractivity contribution < 1.29 is 0 Å². The van der Waals surface area contributed by atoms with E-state index in [2.05, 4.69) is 39.6 Å². The van der Waals surface area contributed by atoms with Gasteiger partial charge in [-0.25, -0.2) is 0 Å². The van der Waals surface area contributed by atoms with E-state index in [-0.39, 0.29) is 0 Å². The summed E-state index contributed by atoms with van der Waals surface area (Å²) in [5.41, 5.74) is 0. The summed E-state index contributed by atoms with van der Waals surface area (Å²) in [6.45, 7) is 4.47. The fraction of sp³-hybridized carbons (Fsp3) is 0.692. The first-order chi connectivity index (χ1) is 7.83. The Morgan fingerprint density at radius 1 is 1.44 bits per heavy atom. The molecular weight excluding hydrogens is 282 g/mol. The van der Waals surface area contributed by atoms with Crippen molar-refractivity contribution in [2.24, 2.45) is 5.92 Å². The summed E-state index contributed by atoms with van der Waals surface area (Å²) in [5.74, 6) is 1.62. The minimum atomic E-state index is 0.780. The molecule has 0 amide bonds. The highest BCUT2D eigenvalue weighted by molar-refractivity contribution is 9.10. The maximum absolute atomic E-state index is 3.69. The van der Waals surface area contributed by atoms with E-state index in [9.17, 15) is 0 Å². The van der Waals surface area contributed by atoms with Crippen LogP contribution in [0, 0.1) is 5.92 Å². The van der Waals surface area contributed by atoms with Crippen LogP contribution in [0.3, 0.4) is 0 Å². The van der Waals surface area contributed by atoms with E-state index < -0.39 is 0 Å². The third kappa shape index (κ3) is 2.88. The van der Waals surface area contributed by atoms with Gasteiger partial charge < -0.3 is 5.32 Å². The third-order valence-corrected chi connectivity index (χ3v) is 5.55. The number of nitrogens with one attached hydrogen (secondary N) is 1.